The second-order valence-electron chi connectivity index (χ2n) is 6.24. The van der Waals surface area contributed by atoms with Gasteiger partial charge in [-0.05, 0) is 31.4 Å². The van der Waals surface area contributed by atoms with Gasteiger partial charge in [-0.25, -0.2) is 4.79 Å². The van der Waals surface area contributed by atoms with Crippen LogP contribution in [0.1, 0.15) is 82.0 Å². The molecule has 24 heavy (non-hydrogen) atoms. The van der Waals surface area contributed by atoms with E-state index in [0.717, 1.165) is 50.7 Å². The van der Waals surface area contributed by atoms with E-state index in [1.807, 2.05) is 0 Å². The lowest BCUT2D eigenvalue weighted by molar-refractivity contribution is 0.0249. The SMILES string of the molecule is CCCCCCCC(CCCC)OC(=O)c1cc(O)c(O)c(O)c1. The molecular formula is C19H30O5. The number of ether oxygens (including phenoxy) is 1. The smallest absolute Gasteiger partial charge is 0.338 e. The van der Waals surface area contributed by atoms with Crippen molar-refractivity contribution in [1.29, 1.82) is 0 Å². The average Bonchev–Trinajstić information content (AvgIpc) is 2.56. The molecule has 0 spiro atoms. The Kier molecular flexibility index (Phi) is 9.05. The molecule has 0 saturated carbocycles. The highest BCUT2D eigenvalue weighted by atomic mass is 16.5. The second kappa shape index (κ2) is 10.8. The number of hydrogen-bond acceptors (Lipinski definition) is 5. The van der Waals surface area contributed by atoms with Gasteiger partial charge in [0, 0.05) is 0 Å². The van der Waals surface area contributed by atoms with Crippen LogP contribution in [-0.2, 0) is 4.74 Å². The summed E-state index contributed by atoms with van der Waals surface area (Å²) in [5.41, 5.74) is 0.0373. The zero-order valence-electron chi connectivity index (χ0n) is 14.8. The number of phenolic OH excluding ortho intramolecular Hbond substituents is 3. The highest BCUT2D eigenvalue weighted by Gasteiger charge is 2.18. The maximum Gasteiger partial charge on any atom is 0.338 e. The lowest BCUT2D eigenvalue weighted by Gasteiger charge is -2.18. The second-order valence-corrected chi connectivity index (χ2v) is 6.24. The van der Waals surface area contributed by atoms with Crippen molar-refractivity contribution < 1.29 is 24.9 Å². The summed E-state index contributed by atoms with van der Waals surface area (Å²) in [7, 11) is 0. The molecule has 0 aliphatic carbocycles. The van der Waals surface area contributed by atoms with Gasteiger partial charge in [-0.2, -0.15) is 0 Å². The summed E-state index contributed by atoms with van der Waals surface area (Å²) in [6.07, 6.45) is 9.28. The third-order valence-corrected chi connectivity index (χ3v) is 4.09. The van der Waals surface area contributed by atoms with Crippen LogP contribution in [0.2, 0.25) is 0 Å². The predicted octanol–water partition coefficient (Wildman–Crippen LogP) is 4.88. The lowest BCUT2D eigenvalue weighted by Crippen LogP contribution is -2.18. The Morgan fingerprint density at radius 1 is 0.917 bits per heavy atom. The fourth-order valence-electron chi connectivity index (χ4n) is 2.61. The minimum Gasteiger partial charge on any atom is -0.504 e. The van der Waals surface area contributed by atoms with Gasteiger partial charge in [-0.15, -0.1) is 0 Å². The lowest BCUT2D eigenvalue weighted by atomic mass is 10.0. The monoisotopic (exact) mass is 338 g/mol. The Hall–Kier alpha value is -1.91. The van der Waals surface area contributed by atoms with Crippen LogP contribution in [0, 0.1) is 0 Å². The Labute approximate surface area is 144 Å². The van der Waals surface area contributed by atoms with E-state index in [9.17, 15) is 20.1 Å². The molecule has 0 amide bonds. The number of esters is 1. The largest absolute Gasteiger partial charge is 0.504 e. The molecule has 0 radical (unpaired) electrons. The number of rotatable bonds is 11. The molecule has 3 N–H and O–H groups in total. The molecule has 0 saturated heterocycles. The van der Waals surface area contributed by atoms with Crippen LogP contribution in [-0.4, -0.2) is 27.4 Å². The van der Waals surface area contributed by atoms with Gasteiger partial charge >= 0.3 is 5.97 Å². The highest BCUT2D eigenvalue weighted by Crippen LogP contribution is 2.35. The van der Waals surface area contributed by atoms with Crippen LogP contribution >= 0.6 is 0 Å². The Morgan fingerprint density at radius 2 is 1.46 bits per heavy atom. The van der Waals surface area contributed by atoms with Crippen LogP contribution in [0.5, 0.6) is 17.2 Å². The molecule has 1 rings (SSSR count). The van der Waals surface area contributed by atoms with Crippen molar-refractivity contribution in [3.05, 3.63) is 17.7 Å². The van der Waals surface area contributed by atoms with Crippen LogP contribution in [0.25, 0.3) is 0 Å². The first-order valence-electron chi connectivity index (χ1n) is 8.95. The molecule has 136 valence electrons. The quantitative estimate of drug-likeness (QED) is 0.304. The Balaban J connectivity index is 2.62. The van der Waals surface area contributed by atoms with Crippen molar-refractivity contribution in [1.82, 2.24) is 0 Å². The van der Waals surface area contributed by atoms with Gasteiger partial charge in [0.25, 0.3) is 0 Å². The third kappa shape index (κ3) is 6.69. The summed E-state index contributed by atoms with van der Waals surface area (Å²) < 4.78 is 5.55. The molecule has 1 atom stereocenters. The van der Waals surface area contributed by atoms with Crippen LogP contribution in [0.15, 0.2) is 12.1 Å². The van der Waals surface area contributed by atoms with Gasteiger partial charge in [0.1, 0.15) is 6.10 Å². The number of benzene rings is 1. The first-order chi connectivity index (χ1) is 11.5. The van der Waals surface area contributed by atoms with Crippen LogP contribution in [0.3, 0.4) is 0 Å². The molecule has 0 fully saturated rings. The Bertz CT molecular complexity index is 489. The summed E-state index contributed by atoms with van der Waals surface area (Å²) in [5, 5.41) is 28.4. The van der Waals surface area contributed by atoms with Gasteiger partial charge in [0.15, 0.2) is 17.2 Å². The number of unbranched alkanes of at least 4 members (excludes halogenated alkanes) is 5. The molecule has 0 aromatic heterocycles. The molecular weight excluding hydrogens is 308 g/mol. The molecule has 5 heteroatoms. The fourth-order valence-corrected chi connectivity index (χ4v) is 2.61. The highest BCUT2D eigenvalue weighted by molar-refractivity contribution is 5.91. The van der Waals surface area contributed by atoms with E-state index in [1.165, 1.54) is 19.3 Å². The summed E-state index contributed by atoms with van der Waals surface area (Å²) in [4.78, 5) is 12.2. The first-order valence-corrected chi connectivity index (χ1v) is 8.95. The zero-order chi connectivity index (χ0) is 17.9. The topological polar surface area (TPSA) is 87.0 Å². The van der Waals surface area contributed by atoms with Gasteiger partial charge in [-0.3, -0.25) is 0 Å². The Morgan fingerprint density at radius 3 is 2.04 bits per heavy atom. The van der Waals surface area contributed by atoms with E-state index < -0.39 is 23.2 Å². The fraction of sp³-hybridized carbons (Fsp3) is 0.632. The van der Waals surface area contributed by atoms with E-state index in [-0.39, 0.29) is 11.7 Å². The summed E-state index contributed by atoms with van der Waals surface area (Å²) >= 11 is 0. The van der Waals surface area contributed by atoms with E-state index >= 15 is 0 Å². The summed E-state index contributed by atoms with van der Waals surface area (Å²) in [6, 6.07) is 2.21. The standard InChI is InChI=1S/C19H30O5/c1-3-5-7-8-9-11-15(10-6-4-2)24-19(23)14-12-16(20)18(22)17(21)13-14/h12-13,15,20-22H,3-11H2,1-2H3. The molecule has 1 aromatic carbocycles. The number of phenols is 3. The van der Waals surface area contributed by atoms with Gasteiger partial charge < -0.3 is 20.1 Å². The summed E-state index contributed by atoms with van der Waals surface area (Å²) in [6.45, 7) is 4.27. The van der Waals surface area contributed by atoms with Crippen LogP contribution in [0.4, 0.5) is 0 Å². The third-order valence-electron chi connectivity index (χ3n) is 4.09. The number of hydrogen-bond donors (Lipinski definition) is 3. The molecule has 0 aliphatic heterocycles. The van der Waals surface area contributed by atoms with Crippen LogP contribution < -0.4 is 0 Å². The van der Waals surface area contributed by atoms with Gasteiger partial charge in [0.05, 0.1) is 5.56 Å². The summed E-state index contributed by atoms with van der Waals surface area (Å²) in [5.74, 6) is -2.29. The van der Waals surface area contributed by atoms with Gasteiger partial charge in [0.2, 0.25) is 0 Å². The van der Waals surface area contributed by atoms with Crippen molar-refractivity contribution in [2.24, 2.45) is 0 Å². The number of aromatic hydroxyl groups is 3. The average molecular weight is 338 g/mol. The van der Waals surface area contributed by atoms with E-state index in [1.54, 1.807) is 0 Å². The van der Waals surface area contributed by atoms with Gasteiger partial charge in [-0.1, -0.05) is 52.4 Å². The van der Waals surface area contributed by atoms with E-state index in [4.69, 9.17) is 4.74 Å². The molecule has 0 heterocycles. The molecule has 0 aliphatic rings. The number of carbonyl (C=O) groups excluding carboxylic acids is 1. The molecule has 1 unspecified atom stereocenters. The molecule has 0 bridgehead atoms. The first kappa shape index (κ1) is 20.1. The normalized spacial score (nSPS) is 12.1. The van der Waals surface area contributed by atoms with Crippen molar-refractivity contribution in [3.63, 3.8) is 0 Å². The minimum atomic E-state index is -0.634. The van der Waals surface area contributed by atoms with Crippen molar-refractivity contribution in [2.75, 3.05) is 0 Å². The van der Waals surface area contributed by atoms with Crippen molar-refractivity contribution in [3.8, 4) is 17.2 Å². The van der Waals surface area contributed by atoms with Crippen molar-refractivity contribution >= 4 is 5.97 Å². The van der Waals surface area contributed by atoms with E-state index in [2.05, 4.69) is 13.8 Å². The van der Waals surface area contributed by atoms with E-state index in [0.29, 0.717) is 0 Å². The predicted molar refractivity (Wildman–Crippen MR) is 93.5 cm³/mol. The zero-order valence-corrected chi connectivity index (χ0v) is 14.8. The molecule has 5 nitrogen and oxygen atoms in total. The molecule has 1 aromatic rings. The maximum absolute atomic E-state index is 12.2. The minimum absolute atomic E-state index is 0.0373. The van der Waals surface area contributed by atoms with Crippen molar-refractivity contribution in [2.45, 2.75) is 77.7 Å². The number of carbonyl (C=O) groups is 1. The maximum atomic E-state index is 12.2.